The van der Waals surface area contributed by atoms with Gasteiger partial charge >= 0.3 is 5.69 Å². The van der Waals surface area contributed by atoms with E-state index in [0.717, 1.165) is 16.7 Å². The maximum Gasteiger partial charge on any atom is 0.346 e. The van der Waals surface area contributed by atoms with Crippen molar-refractivity contribution in [3.63, 3.8) is 0 Å². The summed E-state index contributed by atoms with van der Waals surface area (Å²) >= 11 is 0. The predicted molar refractivity (Wildman–Crippen MR) is 95.7 cm³/mol. The predicted octanol–water partition coefficient (Wildman–Crippen LogP) is 0.399. The molecular formula is C18H23N5O3. The van der Waals surface area contributed by atoms with Crippen LogP contribution in [0.3, 0.4) is 0 Å². The van der Waals surface area contributed by atoms with Gasteiger partial charge in [-0.2, -0.15) is 0 Å². The van der Waals surface area contributed by atoms with Crippen LogP contribution in [-0.4, -0.2) is 44.2 Å². The molecule has 0 fully saturated rings. The topological polar surface area (TPSA) is 89.2 Å². The van der Waals surface area contributed by atoms with Gasteiger partial charge in [0.15, 0.2) is 0 Å². The molecule has 2 aromatic rings. The van der Waals surface area contributed by atoms with Crippen LogP contribution >= 0.6 is 0 Å². The van der Waals surface area contributed by atoms with Crippen molar-refractivity contribution in [3.8, 4) is 0 Å². The molecule has 0 unspecified atom stereocenters. The maximum atomic E-state index is 12.3. The first kappa shape index (κ1) is 17.9. The fourth-order valence-electron chi connectivity index (χ4n) is 2.95. The minimum Gasteiger partial charge on any atom is -0.350 e. The second kappa shape index (κ2) is 7.55. The van der Waals surface area contributed by atoms with Crippen molar-refractivity contribution < 1.29 is 9.59 Å². The zero-order valence-electron chi connectivity index (χ0n) is 15.1. The SMILES string of the molecule is CCc1ccc(CNC(=O)Cn2nc3n(c2=O)CCN(CC)C3=O)cc1. The molecule has 0 atom stereocenters. The minimum atomic E-state index is -0.424. The van der Waals surface area contributed by atoms with Gasteiger partial charge in [-0.25, -0.2) is 9.48 Å². The van der Waals surface area contributed by atoms with E-state index in [4.69, 9.17) is 0 Å². The molecule has 3 rings (SSSR count). The second-order valence-corrected chi connectivity index (χ2v) is 6.25. The first-order valence-electron chi connectivity index (χ1n) is 8.85. The number of aryl methyl sites for hydroxylation is 1. The van der Waals surface area contributed by atoms with Gasteiger partial charge in [0, 0.05) is 26.2 Å². The number of fused-ring (bicyclic) bond motifs is 1. The zero-order valence-corrected chi connectivity index (χ0v) is 15.1. The van der Waals surface area contributed by atoms with E-state index >= 15 is 0 Å². The third kappa shape index (κ3) is 3.54. The van der Waals surface area contributed by atoms with Crippen molar-refractivity contribution in [2.45, 2.75) is 39.9 Å². The molecule has 1 aromatic carbocycles. The summed E-state index contributed by atoms with van der Waals surface area (Å²) in [4.78, 5) is 38.4. The number of carbonyl (C=O) groups is 2. The maximum absolute atomic E-state index is 12.3. The average molecular weight is 357 g/mol. The Morgan fingerprint density at radius 2 is 1.81 bits per heavy atom. The van der Waals surface area contributed by atoms with Crippen LogP contribution in [0.1, 0.15) is 35.6 Å². The molecule has 8 nitrogen and oxygen atoms in total. The van der Waals surface area contributed by atoms with Crippen LogP contribution in [0.5, 0.6) is 0 Å². The van der Waals surface area contributed by atoms with E-state index in [9.17, 15) is 14.4 Å². The van der Waals surface area contributed by atoms with E-state index in [0.29, 0.717) is 26.2 Å². The molecule has 1 aromatic heterocycles. The molecule has 0 radical (unpaired) electrons. The van der Waals surface area contributed by atoms with Crippen molar-refractivity contribution >= 4 is 11.8 Å². The van der Waals surface area contributed by atoms with E-state index in [1.807, 2.05) is 31.2 Å². The first-order valence-corrected chi connectivity index (χ1v) is 8.85. The number of hydrogen-bond acceptors (Lipinski definition) is 4. The Bertz CT molecular complexity index is 866. The van der Waals surface area contributed by atoms with E-state index in [2.05, 4.69) is 17.3 Å². The van der Waals surface area contributed by atoms with E-state index in [1.54, 1.807) is 4.90 Å². The van der Waals surface area contributed by atoms with Crippen LogP contribution in [0.25, 0.3) is 0 Å². The van der Waals surface area contributed by atoms with Crippen LogP contribution in [0, 0.1) is 0 Å². The van der Waals surface area contributed by atoms with E-state index in [1.165, 1.54) is 10.1 Å². The number of benzene rings is 1. The fourth-order valence-corrected chi connectivity index (χ4v) is 2.95. The summed E-state index contributed by atoms with van der Waals surface area (Å²) < 4.78 is 2.40. The van der Waals surface area contributed by atoms with E-state index in [-0.39, 0.29) is 24.2 Å². The van der Waals surface area contributed by atoms with Gasteiger partial charge in [0.1, 0.15) is 6.54 Å². The molecule has 26 heavy (non-hydrogen) atoms. The summed E-state index contributed by atoms with van der Waals surface area (Å²) in [5.41, 5.74) is 1.80. The van der Waals surface area contributed by atoms with Gasteiger partial charge in [0.2, 0.25) is 11.7 Å². The molecule has 0 bridgehead atoms. The first-order chi connectivity index (χ1) is 12.5. The lowest BCUT2D eigenvalue weighted by Gasteiger charge is -2.24. The molecular weight excluding hydrogens is 334 g/mol. The van der Waals surface area contributed by atoms with Crippen LogP contribution < -0.4 is 11.0 Å². The van der Waals surface area contributed by atoms with E-state index < -0.39 is 5.69 Å². The van der Waals surface area contributed by atoms with Crippen LogP contribution in [0.4, 0.5) is 0 Å². The number of nitrogens with one attached hydrogen (secondary N) is 1. The van der Waals surface area contributed by atoms with Crippen molar-refractivity contribution in [1.29, 1.82) is 0 Å². The Labute approximate surface area is 151 Å². The molecule has 1 aliphatic heterocycles. The summed E-state index contributed by atoms with van der Waals surface area (Å²) in [6, 6.07) is 8.00. The normalized spacial score (nSPS) is 13.6. The standard InChI is InChI=1S/C18H23N5O3/c1-3-13-5-7-14(8-6-13)11-19-15(24)12-23-18(26)22-10-9-21(4-2)17(25)16(22)20-23/h5-8H,3-4,9-12H2,1-2H3,(H,19,24). The molecule has 1 aliphatic rings. The number of likely N-dealkylation sites (N-methyl/N-ethyl adjacent to an activating group) is 1. The van der Waals surface area contributed by atoms with Gasteiger partial charge in [-0.3, -0.25) is 14.2 Å². The number of carbonyl (C=O) groups excluding carboxylic acids is 2. The highest BCUT2D eigenvalue weighted by atomic mass is 16.2. The summed E-state index contributed by atoms with van der Waals surface area (Å²) in [6.45, 7) is 5.59. The zero-order chi connectivity index (χ0) is 18.7. The quantitative estimate of drug-likeness (QED) is 0.810. The Morgan fingerprint density at radius 1 is 1.12 bits per heavy atom. The molecule has 2 heterocycles. The van der Waals surface area contributed by atoms with Crippen LogP contribution in [-0.2, 0) is 30.8 Å². The van der Waals surface area contributed by atoms with Crippen LogP contribution in [0.2, 0.25) is 0 Å². The highest BCUT2D eigenvalue weighted by molar-refractivity contribution is 5.91. The van der Waals surface area contributed by atoms with Gasteiger partial charge in [0.25, 0.3) is 5.91 Å². The summed E-state index contributed by atoms with van der Waals surface area (Å²) in [6.07, 6.45) is 0.967. The highest BCUT2D eigenvalue weighted by Gasteiger charge is 2.28. The molecule has 0 saturated carbocycles. The monoisotopic (exact) mass is 357 g/mol. The summed E-state index contributed by atoms with van der Waals surface area (Å²) in [5.74, 6) is -0.487. The molecule has 138 valence electrons. The highest BCUT2D eigenvalue weighted by Crippen LogP contribution is 2.07. The summed E-state index contributed by atoms with van der Waals surface area (Å²) in [7, 11) is 0. The Balaban J connectivity index is 1.64. The Kier molecular flexibility index (Phi) is 5.20. The summed E-state index contributed by atoms with van der Waals surface area (Å²) in [5, 5.41) is 6.84. The number of amides is 2. The molecule has 0 saturated heterocycles. The second-order valence-electron chi connectivity index (χ2n) is 6.25. The lowest BCUT2D eigenvalue weighted by atomic mass is 10.1. The van der Waals surface area contributed by atoms with Crippen molar-refractivity contribution in [2.24, 2.45) is 0 Å². The lowest BCUT2D eigenvalue weighted by Crippen LogP contribution is -2.42. The van der Waals surface area contributed by atoms with Crippen molar-refractivity contribution in [3.05, 3.63) is 51.7 Å². The van der Waals surface area contributed by atoms with Crippen LogP contribution in [0.15, 0.2) is 29.1 Å². The van der Waals surface area contributed by atoms with Gasteiger partial charge in [-0.05, 0) is 24.5 Å². The molecule has 8 heteroatoms. The fraction of sp³-hybridized carbons (Fsp3) is 0.444. The molecule has 0 aliphatic carbocycles. The lowest BCUT2D eigenvalue weighted by molar-refractivity contribution is -0.122. The van der Waals surface area contributed by atoms with Gasteiger partial charge < -0.3 is 10.2 Å². The molecule has 0 spiro atoms. The van der Waals surface area contributed by atoms with Crippen molar-refractivity contribution in [1.82, 2.24) is 24.6 Å². The number of hydrogen-bond donors (Lipinski definition) is 1. The third-order valence-electron chi connectivity index (χ3n) is 4.59. The smallest absolute Gasteiger partial charge is 0.346 e. The van der Waals surface area contributed by atoms with Crippen molar-refractivity contribution in [2.75, 3.05) is 13.1 Å². The average Bonchev–Trinajstić information content (AvgIpc) is 2.97. The molecule has 1 N–H and O–H groups in total. The number of aromatic nitrogens is 3. The molecule has 2 amide bonds. The number of nitrogens with zero attached hydrogens (tertiary/aromatic N) is 4. The minimum absolute atomic E-state index is 0.103. The largest absolute Gasteiger partial charge is 0.350 e. The third-order valence-corrected chi connectivity index (χ3v) is 4.59. The van der Waals surface area contributed by atoms with Gasteiger partial charge in [-0.1, -0.05) is 31.2 Å². The Hall–Kier alpha value is -2.90. The number of rotatable bonds is 6. The van der Waals surface area contributed by atoms with Gasteiger partial charge in [-0.15, -0.1) is 5.10 Å². The van der Waals surface area contributed by atoms with Gasteiger partial charge in [0.05, 0.1) is 0 Å². The Morgan fingerprint density at radius 3 is 2.46 bits per heavy atom.